The lowest BCUT2D eigenvalue weighted by atomic mass is 10.1. The van der Waals surface area contributed by atoms with E-state index in [1.165, 1.54) is 6.07 Å². The molecule has 0 heterocycles. The molecule has 5 heteroatoms. The number of rotatable bonds is 0. The van der Waals surface area contributed by atoms with E-state index in [0.29, 0.717) is 5.56 Å². The normalized spacial score (nSPS) is 11.8. The van der Waals surface area contributed by atoms with Crippen LogP contribution in [0.2, 0.25) is 5.02 Å². The van der Waals surface area contributed by atoms with Gasteiger partial charge in [-0.2, -0.15) is 13.2 Å². The van der Waals surface area contributed by atoms with Gasteiger partial charge in [0, 0.05) is 4.90 Å². The van der Waals surface area contributed by atoms with Gasteiger partial charge in [0.2, 0.25) is 0 Å². The van der Waals surface area contributed by atoms with Gasteiger partial charge in [0.05, 0.1) is 10.6 Å². The highest BCUT2D eigenvalue weighted by Crippen LogP contribution is 2.37. The molecule has 0 unspecified atom stereocenters. The number of benzene rings is 1. The third-order valence-corrected chi connectivity index (χ3v) is 2.42. The van der Waals surface area contributed by atoms with Crippen molar-refractivity contribution < 1.29 is 13.2 Å². The molecule has 0 aromatic heterocycles. The van der Waals surface area contributed by atoms with Gasteiger partial charge in [-0.25, -0.2) is 0 Å². The lowest BCUT2D eigenvalue weighted by molar-refractivity contribution is -0.139. The summed E-state index contributed by atoms with van der Waals surface area (Å²) in [5.41, 5.74) is -0.323. The zero-order chi connectivity index (χ0) is 10.2. The maximum atomic E-state index is 12.3. The summed E-state index contributed by atoms with van der Waals surface area (Å²) in [4.78, 5) is -0.222. The summed E-state index contributed by atoms with van der Waals surface area (Å²) in [6.07, 6.45) is -4.40. The molecular formula is C8H6ClF3S. The van der Waals surface area contributed by atoms with Crippen molar-refractivity contribution in [1.82, 2.24) is 0 Å². The molecule has 0 N–H and O–H groups in total. The van der Waals surface area contributed by atoms with Crippen molar-refractivity contribution in [2.24, 2.45) is 0 Å². The summed E-state index contributed by atoms with van der Waals surface area (Å²) in [5.74, 6) is 0. The molecule has 0 saturated heterocycles. The summed E-state index contributed by atoms with van der Waals surface area (Å²) in [5, 5.41) is 0.0238. The van der Waals surface area contributed by atoms with E-state index in [9.17, 15) is 13.2 Å². The zero-order valence-corrected chi connectivity index (χ0v) is 8.26. The second-order valence-electron chi connectivity index (χ2n) is 2.64. The molecule has 72 valence electrons. The smallest absolute Gasteiger partial charge is 0.166 e. The van der Waals surface area contributed by atoms with Crippen LogP contribution < -0.4 is 0 Å². The van der Waals surface area contributed by atoms with Crippen molar-refractivity contribution in [3.05, 3.63) is 28.3 Å². The molecule has 1 aromatic rings. The minimum atomic E-state index is -4.40. The van der Waals surface area contributed by atoms with Crippen LogP contribution >= 0.6 is 24.2 Å². The average molecular weight is 227 g/mol. The van der Waals surface area contributed by atoms with Crippen LogP contribution in [0.4, 0.5) is 13.2 Å². The Morgan fingerprint density at radius 1 is 1.31 bits per heavy atom. The second kappa shape index (κ2) is 3.42. The third-order valence-electron chi connectivity index (χ3n) is 1.51. The van der Waals surface area contributed by atoms with Crippen molar-refractivity contribution in [2.75, 3.05) is 0 Å². The highest BCUT2D eigenvalue weighted by molar-refractivity contribution is 7.80. The number of thiol groups is 1. The van der Waals surface area contributed by atoms with Crippen LogP contribution in [-0.2, 0) is 6.18 Å². The molecule has 0 aliphatic heterocycles. The van der Waals surface area contributed by atoms with E-state index < -0.39 is 11.7 Å². The lowest BCUT2D eigenvalue weighted by Crippen LogP contribution is -2.06. The molecule has 0 amide bonds. The quantitative estimate of drug-likeness (QED) is 0.636. The molecule has 1 aromatic carbocycles. The number of hydrogen-bond acceptors (Lipinski definition) is 1. The highest BCUT2D eigenvalue weighted by Gasteiger charge is 2.33. The summed E-state index contributed by atoms with van der Waals surface area (Å²) in [6, 6.07) is 2.47. The molecule has 0 radical (unpaired) electrons. The first-order chi connectivity index (χ1) is 5.82. The highest BCUT2D eigenvalue weighted by atomic mass is 35.5. The van der Waals surface area contributed by atoms with E-state index in [4.69, 9.17) is 11.6 Å². The molecule has 0 aliphatic rings. The molecule has 0 fully saturated rings. The van der Waals surface area contributed by atoms with Crippen LogP contribution in [0.1, 0.15) is 11.1 Å². The molecule has 0 saturated carbocycles. The largest absolute Gasteiger partial charge is 0.417 e. The van der Waals surface area contributed by atoms with E-state index in [2.05, 4.69) is 12.6 Å². The molecule has 0 atom stereocenters. The van der Waals surface area contributed by atoms with Crippen LogP contribution in [0.25, 0.3) is 0 Å². The number of aryl methyl sites for hydroxylation is 1. The van der Waals surface area contributed by atoms with Crippen LogP contribution in [0.3, 0.4) is 0 Å². The van der Waals surface area contributed by atoms with Gasteiger partial charge in [-0.1, -0.05) is 11.6 Å². The molecule has 0 spiro atoms. The first-order valence-corrected chi connectivity index (χ1v) is 4.21. The Morgan fingerprint density at radius 3 is 2.31 bits per heavy atom. The topological polar surface area (TPSA) is 0 Å². The van der Waals surface area contributed by atoms with E-state index >= 15 is 0 Å². The van der Waals surface area contributed by atoms with Gasteiger partial charge >= 0.3 is 6.18 Å². The Hall–Kier alpha value is -0.350. The first-order valence-electron chi connectivity index (χ1n) is 3.38. The Kier molecular flexibility index (Phi) is 2.82. The van der Waals surface area contributed by atoms with Crippen LogP contribution in [0.5, 0.6) is 0 Å². The predicted molar refractivity (Wildman–Crippen MR) is 48.4 cm³/mol. The van der Waals surface area contributed by atoms with Gasteiger partial charge in [0.25, 0.3) is 0 Å². The van der Waals surface area contributed by atoms with Crippen molar-refractivity contribution >= 4 is 24.2 Å². The number of alkyl halides is 3. The van der Waals surface area contributed by atoms with E-state index in [0.717, 1.165) is 6.07 Å². The monoisotopic (exact) mass is 226 g/mol. The molecular weight excluding hydrogens is 221 g/mol. The lowest BCUT2D eigenvalue weighted by Gasteiger charge is -2.11. The maximum absolute atomic E-state index is 12.3. The molecule has 1 rings (SSSR count). The fraction of sp³-hybridized carbons (Fsp3) is 0.250. The minimum Gasteiger partial charge on any atom is -0.166 e. The minimum absolute atomic E-state index is 0.0238. The SMILES string of the molecule is Cc1cc(Cl)c(S)c(C(F)(F)F)c1. The van der Waals surface area contributed by atoms with Gasteiger partial charge in [0.15, 0.2) is 0 Å². The maximum Gasteiger partial charge on any atom is 0.417 e. The fourth-order valence-electron chi connectivity index (χ4n) is 0.951. The molecule has 13 heavy (non-hydrogen) atoms. The molecule has 0 nitrogen and oxygen atoms in total. The Bertz CT molecular complexity index is 333. The van der Waals surface area contributed by atoms with Crippen molar-refractivity contribution in [3.63, 3.8) is 0 Å². The van der Waals surface area contributed by atoms with Gasteiger partial charge in [-0.05, 0) is 24.6 Å². The summed E-state index contributed by atoms with van der Waals surface area (Å²) in [6.45, 7) is 1.55. The first kappa shape index (κ1) is 10.7. The van der Waals surface area contributed by atoms with E-state index in [1.54, 1.807) is 6.92 Å². The van der Waals surface area contributed by atoms with Crippen LogP contribution in [0, 0.1) is 6.92 Å². The summed E-state index contributed by atoms with van der Waals surface area (Å²) >= 11 is 9.25. The molecule has 0 aliphatic carbocycles. The van der Waals surface area contributed by atoms with Crippen LogP contribution in [0.15, 0.2) is 17.0 Å². The van der Waals surface area contributed by atoms with Crippen molar-refractivity contribution in [2.45, 2.75) is 18.0 Å². The van der Waals surface area contributed by atoms with Gasteiger partial charge in [-0.15, -0.1) is 12.6 Å². The van der Waals surface area contributed by atoms with E-state index in [1.807, 2.05) is 0 Å². The number of halogens is 4. The van der Waals surface area contributed by atoms with Crippen molar-refractivity contribution in [1.29, 1.82) is 0 Å². The Morgan fingerprint density at radius 2 is 1.85 bits per heavy atom. The van der Waals surface area contributed by atoms with E-state index in [-0.39, 0.29) is 9.92 Å². The molecule has 0 bridgehead atoms. The average Bonchev–Trinajstić information content (AvgIpc) is 1.94. The van der Waals surface area contributed by atoms with Gasteiger partial charge in [0.1, 0.15) is 0 Å². The predicted octanol–water partition coefficient (Wildman–Crippen LogP) is 3.96. The fourth-order valence-corrected chi connectivity index (χ4v) is 1.48. The van der Waals surface area contributed by atoms with Gasteiger partial charge < -0.3 is 0 Å². The summed E-state index contributed by atoms with van der Waals surface area (Å²) in [7, 11) is 0. The summed E-state index contributed by atoms with van der Waals surface area (Å²) < 4.78 is 36.9. The standard InChI is InChI=1S/C8H6ClF3S/c1-4-2-5(8(10,11)12)7(13)6(9)3-4/h2-3,13H,1H3. The second-order valence-corrected chi connectivity index (χ2v) is 3.50. The Balaban J connectivity index is 3.37. The van der Waals surface area contributed by atoms with Gasteiger partial charge in [-0.3, -0.25) is 0 Å². The Labute approximate surface area is 84.1 Å². The zero-order valence-electron chi connectivity index (χ0n) is 6.61. The third kappa shape index (κ3) is 2.31. The van der Waals surface area contributed by atoms with Crippen molar-refractivity contribution in [3.8, 4) is 0 Å². The van der Waals surface area contributed by atoms with Crippen LogP contribution in [-0.4, -0.2) is 0 Å². The number of hydrogen-bond donors (Lipinski definition) is 1.